The number of ether oxygens (including phenoxy) is 1. The van der Waals surface area contributed by atoms with Crippen LogP contribution in [0.5, 0.6) is 5.75 Å². The fourth-order valence-corrected chi connectivity index (χ4v) is 4.11. The van der Waals surface area contributed by atoms with Crippen molar-refractivity contribution in [1.29, 1.82) is 0 Å². The summed E-state index contributed by atoms with van der Waals surface area (Å²) in [6, 6.07) is 6.67. The third kappa shape index (κ3) is 3.96. The Labute approximate surface area is 127 Å². The maximum absolute atomic E-state index is 12.6. The Morgan fingerprint density at radius 3 is 2.38 bits per heavy atom. The minimum Gasteiger partial charge on any atom is -0.492 e. The van der Waals surface area contributed by atoms with Gasteiger partial charge in [0.1, 0.15) is 12.4 Å². The Balaban J connectivity index is 2.10. The van der Waals surface area contributed by atoms with E-state index in [-0.39, 0.29) is 6.04 Å². The van der Waals surface area contributed by atoms with Crippen LogP contribution in [-0.4, -0.2) is 39.0 Å². The molecule has 2 rings (SSSR count). The molecular weight excluding hydrogens is 288 g/mol. The molecule has 1 saturated carbocycles. The topological polar surface area (TPSA) is 72.6 Å². The molecule has 118 valence electrons. The number of benzene rings is 1. The van der Waals surface area contributed by atoms with Gasteiger partial charge in [-0.2, -0.15) is 4.31 Å². The molecular formula is C15H24N2O3S. The van der Waals surface area contributed by atoms with Gasteiger partial charge >= 0.3 is 0 Å². The Bertz CT molecular complexity index is 537. The lowest BCUT2D eigenvalue weighted by Gasteiger charge is -2.30. The molecule has 0 spiro atoms. The van der Waals surface area contributed by atoms with E-state index < -0.39 is 10.0 Å². The van der Waals surface area contributed by atoms with E-state index in [9.17, 15) is 8.42 Å². The Morgan fingerprint density at radius 1 is 1.19 bits per heavy atom. The highest BCUT2D eigenvalue weighted by Gasteiger charge is 2.28. The first-order chi connectivity index (χ1) is 10.1. The second-order valence-corrected chi connectivity index (χ2v) is 7.42. The van der Waals surface area contributed by atoms with E-state index in [0.717, 1.165) is 25.7 Å². The molecule has 1 aliphatic rings. The van der Waals surface area contributed by atoms with Crippen molar-refractivity contribution in [2.24, 2.45) is 5.73 Å². The quantitative estimate of drug-likeness (QED) is 0.871. The predicted octanol–water partition coefficient (Wildman–Crippen LogP) is 1.98. The zero-order chi connectivity index (χ0) is 15.3. The van der Waals surface area contributed by atoms with Crippen LogP contribution in [0.3, 0.4) is 0 Å². The van der Waals surface area contributed by atoms with E-state index >= 15 is 0 Å². The second-order valence-electron chi connectivity index (χ2n) is 5.42. The standard InChI is InChI=1S/C15H24N2O3S/c1-17(13-5-3-2-4-6-13)21(18,19)15-9-7-14(8-10-15)20-12-11-16/h7-10,13H,2-6,11-12,16H2,1H3. The number of nitrogens with zero attached hydrogens (tertiary/aromatic N) is 1. The van der Waals surface area contributed by atoms with Crippen LogP contribution < -0.4 is 10.5 Å². The molecule has 0 radical (unpaired) electrons. The smallest absolute Gasteiger partial charge is 0.243 e. The van der Waals surface area contributed by atoms with Crippen LogP contribution >= 0.6 is 0 Å². The monoisotopic (exact) mass is 312 g/mol. The first kappa shape index (κ1) is 16.3. The van der Waals surface area contributed by atoms with Crippen LogP contribution in [0.1, 0.15) is 32.1 Å². The molecule has 0 bridgehead atoms. The molecule has 1 aliphatic carbocycles. The molecule has 0 unspecified atom stereocenters. The molecule has 5 nitrogen and oxygen atoms in total. The lowest BCUT2D eigenvalue weighted by Crippen LogP contribution is -2.38. The number of hydrogen-bond donors (Lipinski definition) is 1. The molecule has 0 aromatic heterocycles. The molecule has 0 heterocycles. The molecule has 0 saturated heterocycles. The normalized spacial score (nSPS) is 17.1. The summed E-state index contributed by atoms with van der Waals surface area (Å²) < 4.78 is 32.1. The van der Waals surface area contributed by atoms with E-state index in [2.05, 4.69) is 0 Å². The van der Waals surface area contributed by atoms with Gasteiger partial charge in [-0.1, -0.05) is 19.3 Å². The fourth-order valence-electron chi connectivity index (χ4n) is 2.69. The Morgan fingerprint density at radius 2 is 1.81 bits per heavy atom. The molecule has 0 amide bonds. The van der Waals surface area contributed by atoms with Crippen molar-refractivity contribution in [3.63, 3.8) is 0 Å². The summed E-state index contributed by atoms with van der Waals surface area (Å²) in [5.41, 5.74) is 5.37. The van der Waals surface area contributed by atoms with Crippen molar-refractivity contribution in [1.82, 2.24) is 4.31 Å². The summed E-state index contributed by atoms with van der Waals surface area (Å²) in [5, 5.41) is 0. The minimum absolute atomic E-state index is 0.122. The maximum Gasteiger partial charge on any atom is 0.243 e. The third-order valence-electron chi connectivity index (χ3n) is 3.98. The molecule has 1 aromatic carbocycles. The van der Waals surface area contributed by atoms with Crippen molar-refractivity contribution < 1.29 is 13.2 Å². The van der Waals surface area contributed by atoms with E-state index in [1.807, 2.05) is 0 Å². The van der Waals surface area contributed by atoms with Crippen molar-refractivity contribution in [2.45, 2.75) is 43.0 Å². The highest BCUT2D eigenvalue weighted by Crippen LogP contribution is 2.27. The lowest BCUT2D eigenvalue weighted by atomic mass is 9.96. The molecule has 0 aliphatic heterocycles. The van der Waals surface area contributed by atoms with Crippen LogP contribution in [0.4, 0.5) is 0 Å². The van der Waals surface area contributed by atoms with E-state index in [1.54, 1.807) is 31.3 Å². The van der Waals surface area contributed by atoms with Crippen molar-refractivity contribution in [3.05, 3.63) is 24.3 Å². The van der Waals surface area contributed by atoms with E-state index in [1.165, 1.54) is 10.7 Å². The number of rotatable bonds is 6. The van der Waals surface area contributed by atoms with Gasteiger partial charge in [-0.3, -0.25) is 0 Å². The summed E-state index contributed by atoms with van der Waals surface area (Å²) in [4.78, 5) is 0.315. The predicted molar refractivity (Wildman–Crippen MR) is 82.8 cm³/mol. The summed E-state index contributed by atoms with van der Waals surface area (Å²) in [6.07, 6.45) is 5.32. The SMILES string of the molecule is CN(C1CCCCC1)S(=O)(=O)c1ccc(OCCN)cc1. The molecule has 21 heavy (non-hydrogen) atoms. The molecule has 6 heteroatoms. The van der Waals surface area contributed by atoms with Gasteiger partial charge in [0.2, 0.25) is 10.0 Å². The average molecular weight is 312 g/mol. The van der Waals surface area contributed by atoms with Crippen LogP contribution in [-0.2, 0) is 10.0 Å². The highest BCUT2D eigenvalue weighted by molar-refractivity contribution is 7.89. The largest absolute Gasteiger partial charge is 0.492 e. The van der Waals surface area contributed by atoms with Crippen LogP contribution in [0.15, 0.2) is 29.2 Å². The number of nitrogens with two attached hydrogens (primary N) is 1. The van der Waals surface area contributed by atoms with Crippen LogP contribution in [0.2, 0.25) is 0 Å². The first-order valence-electron chi connectivity index (χ1n) is 7.46. The van der Waals surface area contributed by atoms with Crippen LogP contribution in [0.25, 0.3) is 0 Å². The zero-order valence-corrected chi connectivity index (χ0v) is 13.3. The summed E-state index contributed by atoms with van der Waals surface area (Å²) in [6.45, 7) is 0.860. The summed E-state index contributed by atoms with van der Waals surface area (Å²) in [7, 11) is -1.74. The first-order valence-corrected chi connectivity index (χ1v) is 8.90. The summed E-state index contributed by atoms with van der Waals surface area (Å²) in [5.74, 6) is 0.639. The van der Waals surface area contributed by atoms with Gasteiger partial charge in [-0.25, -0.2) is 8.42 Å². The number of sulfonamides is 1. The summed E-state index contributed by atoms with van der Waals surface area (Å²) >= 11 is 0. The molecule has 1 aromatic rings. The van der Waals surface area contributed by atoms with Crippen molar-refractivity contribution >= 4 is 10.0 Å². The Hall–Kier alpha value is -1.11. The van der Waals surface area contributed by atoms with Gasteiger partial charge in [0, 0.05) is 19.6 Å². The van der Waals surface area contributed by atoms with Gasteiger partial charge < -0.3 is 10.5 Å². The Kier molecular flexibility index (Phi) is 5.61. The zero-order valence-electron chi connectivity index (χ0n) is 12.5. The van der Waals surface area contributed by atoms with Crippen molar-refractivity contribution in [3.8, 4) is 5.75 Å². The van der Waals surface area contributed by atoms with Crippen molar-refractivity contribution in [2.75, 3.05) is 20.2 Å². The molecule has 0 atom stereocenters. The lowest BCUT2D eigenvalue weighted by molar-refractivity contribution is 0.286. The van der Waals surface area contributed by atoms with Gasteiger partial charge in [0.25, 0.3) is 0 Å². The molecule has 1 fully saturated rings. The highest BCUT2D eigenvalue weighted by atomic mass is 32.2. The molecule has 2 N–H and O–H groups in total. The van der Waals surface area contributed by atoms with E-state index in [4.69, 9.17) is 10.5 Å². The third-order valence-corrected chi connectivity index (χ3v) is 5.90. The van der Waals surface area contributed by atoms with Gasteiger partial charge in [0.05, 0.1) is 4.90 Å². The van der Waals surface area contributed by atoms with Crippen LogP contribution in [0, 0.1) is 0 Å². The van der Waals surface area contributed by atoms with Gasteiger partial charge in [-0.05, 0) is 37.1 Å². The fraction of sp³-hybridized carbons (Fsp3) is 0.600. The van der Waals surface area contributed by atoms with E-state index in [0.29, 0.717) is 23.8 Å². The second kappa shape index (κ2) is 7.24. The number of hydrogen-bond acceptors (Lipinski definition) is 4. The average Bonchev–Trinajstić information content (AvgIpc) is 2.53. The van der Waals surface area contributed by atoms with Gasteiger partial charge in [0.15, 0.2) is 0 Å². The minimum atomic E-state index is -3.42. The van der Waals surface area contributed by atoms with Gasteiger partial charge in [-0.15, -0.1) is 0 Å². The maximum atomic E-state index is 12.6.